The van der Waals surface area contributed by atoms with E-state index in [0.717, 1.165) is 5.75 Å². The summed E-state index contributed by atoms with van der Waals surface area (Å²) in [5.74, 6) is 0.886. The molecule has 0 atom stereocenters. The summed E-state index contributed by atoms with van der Waals surface area (Å²) in [7, 11) is 1.67. The van der Waals surface area contributed by atoms with Crippen LogP contribution in [0.4, 0.5) is 0 Å². The largest absolute Gasteiger partial charge is 0.497 e. The zero-order chi connectivity index (χ0) is 9.90. The van der Waals surface area contributed by atoms with Gasteiger partial charge >= 0.3 is 0 Å². The molecular formula is C11H17NO. The van der Waals surface area contributed by atoms with Crippen molar-refractivity contribution in [2.45, 2.75) is 19.3 Å². The molecule has 0 spiro atoms. The Balaban J connectivity index is 2.92. The Morgan fingerprint density at radius 3 is 2.15 bits per heavy atom. The third-order valence-electron chi connectivity index (χ3n) is 2.38. The van der Waals surface area contributed by atoms with E-state index in [1.54, 1.807) is 7.11 Å². The predicted octanol–water partition coefficient (Wildman–Crippen LogP) is 1.93. The molecule has 0 aromatic heterocycles. The van der Waals surface area contributed by atoms with Gasteiger partial charge in [-0.2, -0.15) is 0 Å². The van der Waals surface area contributed by atoms with Crippen molar-refractivity contribution in [1.29, 1.82) is 0 Å². The molecule has 1 aromatic rings. The van der Waals surface area contributed by atoms with Crippen molar-refractivity contribution >= 4 is 0 Å². The number of rotatable bonds is 3. The maximum atomic E-state index is 5.68. The minimum absolute atomic E-state index is 0.0479. The summed E-state index contributed by atoms with van der Waals surface area (Å²) in [6.07, 6.45) is 0. The third kappa shape index (κ3) is 2.22. The molecule has 0 unspecified atom stereocenters. The molecule has 0 radical (unpaired) electrons. The van der Waals surface area contributed by atoms with Gasteiger partial charge in [-0.15, -0.1) is 0 Å². The van der Waals surface area contributed by atoms with E-state index >= 15 is 0 Å². The van der Waals surface area contributed by atoms with E-state index in [9.17, 15) is 0 Å². The van der Waals surface area contributed by atoms with E-state index in [-0.39, 0.29) is 5.41 Å². The SMILES string of the molecule is COc1ccc(C(C)(C)CN)cc1. The molecule has 2 nitrogen and oxygen atoms in total. The van der Waals surface area contributed by atoms with Crippen LogP contribution in [0.1, 0.15) is 19.4 Å². The molecule has 2 N–H and O–H groups in total. The lowest BCUT2D eigenvalue weighted by Crippen LogP contribution is -2.27. The molecule has 0 heterocycles. The van der Waals surface area contributed by atoms with Crippen LogP contribution >= 0.6 is 0 Å². The topological polar surface area (TPSA) is 35.2 Å². The normalized spacial score (nSPS) is 11.4. The highest BCUT2D eigenvalue weighted by Gasteiger charge is 2.17. The summed E-state index contributed by atoms with van der Waals surface area (Å²) in [6, 6.07) is 8.05. The van der Waals surface area contributed by atoms with Gasteiger partial charge in [-0.05, 0) is 17.7 Å². The Labute approximate surface area is 79.7 Å². The van der Waals surface area contributed by atoms with Gasteiger partial charge in [-0.3, -0.25) is 0 Å². The quantitative estimate of drug-likeness (QED) is 0.769. The van der Waals surface area contributed by atoms with Crippen molar-refractivity contribution in [2.24, 2.45) is 5.73 Å². The van der Waals surface area contributed by atoms with E-state index in [1.807, 2.05) is 12.1 Å². The second-order valence-electron chi connectivity index (χ2n) is 3.82. The van der Waals surface area contributed by atoms with Crippen LogP contribution in [0.25, 0.3) is 0 Å². The van der Waals surface area contributed by atoms with Crippen molar-refractivity contribution in [1.82, 2.24) is 0 Å². The summed E-state index contributed by atoms with van der Waals surface area (Å²) < 4.78 is 5.08. The van der Waals surface area contributed by atoms with E-state index in [4.69, 9.17) is 10.5 Å². The molecule has 0 saturated carbocycles. The lowest BCUT2D eigenvalue weighted by atomic mass is 9.85. The first-order valence-electron chi connectivity index (χ1n) is 4.45. The van der Waals surface area contributed by atoms with Gasteiger partial charge in [-0.1, -0.05) is 26.0 Å². The van der Waals surface area contributed by atoms with Crippen molar-refractivity contribution < 1.29 is 4.74 Å². The summed E-state index contributed by atoms with van der Waals surface area (Å²) in [5, 5.41) is 0. The molecule has 0 aliphatic heterocycles. The summed E-state index contributed by atoms with van der Waals surface area (Å²) in [6.45, 7) is 4.92. The summed E-state index contributed by atoms with van der Waals surface area (Å²) >= 11 is 0. The number of hydrogen-bond acceptors (Lipinski definition) is 2. The maximum absolute atomic E-state index is 5.68. The lowest BCUT2D eigenvalue weighted by molar-refractivity contribution is 0.414. The van der Waals surface area contributed by atoms with Crippen LogP contribution in [0, 0.1) is 0 Å². The highest BCUT2D eigenvalue weighted by Crippen LogP contribution is 2.23. The highest BCUT2D eigenvalue weighted by molar-refractivity contribution is 5.31. The number of hydrogen-bond donors (Lipinski definition) is 1. The Morgan fingerprint density at radius 1 is 1.23 bits per heavy atom. The van der Waals surface area contributed by atoms with Crippen LogP contribution in [-0.2, 0) is 5.41 Å². The maximum Gasteiger partial charge on any atom is 0.118 e. The second-order valence-corrected chi connectivity index (χ2v) is 3.82. The Bertz CT molecular complexity index is 264. The average molecular weight is 179 g/mol. The molecule has 0 fully saturated rings. The smallest absolute Gasteiger partial charge is 0.118 e. The number of ether oxygens (including phenoxy) is 1. The molecule has 0 bridgehead atoms. The zero-order valence-electron chi connectivity index (χ0n) is 8.50. The van der Waals surface area contributed by atoms with Gasteiger partial charge in [0.15, 0.2) is 0 Å². The van der Waals surface area contributed by atoms with Gasteiger partial charge in [-0.25, -0.2) is 0 Å². The Morgan fingerprint density at radius 2 is 1.77 bits per heavy atom. The molecule has 0 aliphatic carbocycles. The van der Waals surface area contributed by atoms with Gasteiger partial charge in [0.05, 0.1) is 7.11 Å². The van der Waals surface area contributed by atoms with E-state index in [0.29, 0.717) is 6.54 Å². The number of nitrogens with two attached hydrogens (primary N) is 1. The first-order valence-corrected chi connectivity index (χ1v) is 4.45. The molecule has 13 heavy (non-hydrogen) atoms. The number of methoxy groups -OCH3 is 1. The van der Waals surface area contributed by atoms with Gasteiger partial charge in [0.25, 0.3) is 0 Å². The van der Waals surface area contributed by atoms with Gasteiger partial charge in [0.2, 0.25) is 0 Å². The molecule has 2 heteroatoms. The minimum Gasteiger partial charge on any atom is -0.497 e. The van der Waals surface area contributed by atoms with E-state index in [2.05, 4.69) is 26.0 Å². The van der Waals surface area contributed by atoms with E-state index in [1.165, 1.54) is 5.56 Å². The first-order chi connectivity index (χ1) is 6.10. The fourth-order valence-electron chi connectivity index (χ4n) is 1.16. The predicted molar refractivity (Wildman–Crippen MR) is 55.1 cm³/mol. The molecular weight excluding hydrogens is 162 g/mol. The van der Waals surface area contributed by atoms with Crippen LogP contribution in [0.2, 0.25) is 0 Å². The average Bonchev–Trinajstić information content (AvgIpc) is 2.18. The highest BCUT2D eigenvalue weighted by atomic mass is 16.5. The van der Waals surface area contributed by atoms with Crippen LogP contribution in [-0.4, -0.2) is 13.7 Å². The molecule has 0 amide bonds. The van der Waals surface area contributed by atoms with Crippen molar-refractivity contribution in [3.8, 4) is 5.75 Å². The fourth-order valence-corrected chi connectivity index (χ4v) is 1.16. The lowest BCUT2D eigenvalue weighted by Gasteiger charge is -2.22. The molecule has 1 rings (SSSR count). The van der Waals surface area contributed by atoms with Gasteiger partial charge in [0, 0.05) is 12.0 Å². The van der Waals surface area contributed by atoms with Crippen molar-refractivity contribution in [2.75, 3.05) is 13.7 Å². The standard InChI is InChI=1S/C11H17NO/c1-11(2,8-12)9-4-6-10(13-3)7-5-9/h4-7H,8,12H2,1-3H3. The minimum atomic E-state index is 0.0479. The van der Waals surface area contributed by atoms with E-state index < -0.39 is 0 Å². The van der Waals surface area contributed by atoms with Crippen LogP contribution < -0.4 is 10.5 Å². The Kier molecular flexibility index (Phi) is 2.94. The molecule has 1 aromatic carbocycles. The molecule has 72 valence electrons. The van der Waals surface area contributed by atoms with Crippen molar-refractivity contribution in [3.63, 3.8) is 0 Å². The molecule has 0 saturated heterocycles. The van der Waals surface area contributed by atoms with Gasteiger partial charge < -0.3 is 10.5 Å². The number of benzene rings is 1. The van der Waals surface area contributed by atoms with Crippen LogP contribution in [0.3, 0.4) is 0 Å². The van der Waals surface area contributed by atoms with Crippen molar-refractivity contribution in [3.05, 3.63) is 29.8 Å². The third-order valence-corrected chi connectivity index (χ3v) is 2.38. The summed E-state index contributed by atoms with van der Waals surface area (Å²) in [4.78, 5) is 0. The Hall–Kier alpha value is -1.02. The monoisotopic (exact) mass is 179 g/mol. The van der Waals surface area contributed by atoms with Crippen LogP contribution in [0.5, 0.6) is 5.75 Å². The summed E-state index contributed by atoms with van der Waals surface area (Å²) in [5.41, 5.74) is 6.97. The zero-order valence-corrected chi connectivity index (χ0v) is 8.50. The fraction of sp³-hybridized carbons (Fsp3) is 0.455. The van der Waals surface area contributed by atoms with Gasteiger partial charge in [0.1, 0.15) is 5.75 Å². The first kappa shape index (κ1) is 10.1. The molecule has 0 aliphatic rings. The second kappa shape index (κ2) is 3.79. The van der Waals surface area contributed by atoms with Crippen LogP contribution in [0.15, 0.2) is 24.3 Å².